The topological polar surface area (TPSA) is 17.1 Å². The summed E-state index contributed by atoms with van der Waals surface area (Å²) in [5.74, 6) is 0.806. The first-order valence-corrected chi connectivity index (χ1v) is 5.62. The lowest BCUT2D eigenvalue weighted by atomic mass is 9.84. The molecule has 2 aliphatic rings. The minimum atomic E-state index is 0.381. The van der Waals surface area contributed by atoms with E-state index in [2.05, 4.69) is 31.2 Å². The third-order valence-corrected chi connectivity index (χ3v) is 3.60. The van der Waals surface area contributed by atoms with Gasteiger partial charge in [0.1, 0.15) is 0 Å². The number of ketones is 1. The number of carbonyl (C=O) groups excluding carboxylic acids is 1. The van der Waals surface area contributed by atoms with Gasteiger partial charge in [-0.1, -0.05) is 31.2 Å². The normalized spacial score (nSPS) is 24.1. The molecule has 0 fully saturated rings. The summed E-state index contributed by atoms with van der Waals surface area (Å²) in [6.45, 7) is 2.17. The lowest BCUT2D eigenvalue weighted by molar-refractivity contribution is -0.115. The number of Topliss-reactive ketones (excluding diaryl/α,β-unsaturated/α-hetero) is 1. The Balaban J connectivity index is 2.22. The third-order valence-electron chi connectivity index (χ3n) is 3.60. The van der Waals surface area contributed by atoms with Gasteiger partial charge in [-0.15, -0.1) is 0 Å². The molecule has 0 spiro atoms. The number of carbonyl (C=O) groups is 1. The van der Waals surface area contributed by atoms with Gasteiger partial charge in [0.2, 0.25) is 0 Å². The van der Waals surface area contributed by atoms with E-state index in [1.54, 1.807) is 0 Å². The van der Waals surface area contributed by atoms with Crippen molar-refractivity contribution in [1.82, 2.24) is 0 Å². The first-order chi connectivity index (χ1) is 7.27. The molecule has 1 aromatic carbocycles. The number of rotatable bonds is 0. The van der Waals surface area contributed by atoms with Crippen LogP contribution in [0.3, 0.4) is 0 Å². The molecule has 0 heterocycles. The Labute approximate surface area is 89.8 Å². The summed E-state index contributed by atoms with van der Waals surface area (Å²) in [6.07, 6.45) is 2.71. The van der Waals surface area contributed by atoms with Gasteiger partial charge in [0.25, 0.3) is 0 Å². The number of fused-ring (bicyclic) bond motifs is 2. The average Bonchev–Trinajstić information content (AvgIpc) is 2.55. The minimum Gasteiger partial charge on any atom is -0.295 e. The van der Waals surface area contributed by atoms with E-state index in [9.17, 15) is 4.79 Å². The van der Waals surface area contributed by atoms with Crippen molar-refractivity contribution in [3.8, 4) is 0 Å². The van der Waals surface area contributed by atoms with Gasteiger partial charge in [0.15, 0.2) is 5.78 Å². The van der Waals surface area contributed by atoms with Crippen LogP contribution in [0.5, 0.6) is 0 Å². The van der Waals surface area contributed by atoms with Gasteiger partial charge in [0, 0.05) is 6.42 Å². The standard InChI is InChI=1S/C14H14O/c1-9-8-13(15)12-7-6-10-4-2-3-5-11(10)14(9)12/h2-5,9H,6-8H2,1H3. The van der Waals surface area contributed by atoms with Crippen LogP contribution in [0, 0.1) is 5.92 Å². The van der Waals surface area contributed by atoms with E-state index in [-0.39, 0.29) is 0 Å². The van der Waals surface area contributed by atoms with Gasteiger partial charge in [-0.05, 0) is 41.0 Å². The molecular formula is C14H14O. The van der Waals surface area contributed by atoms with Gasteiger partial charge in [0.05, 0.1) is 0 Å². The summed E-state index contributed by atoms with van der Waals surface area (Å²) in [4.78, 5) is 11.8. The molecular weight excluding hydrogens is 184 g/mol. The molecule has 1 atom stereocenters. The Kier molecular flexibility index (Phi) is 1.82. The highest BCUT2D eigenvalue weighted by atomic mass is 16.1. The van der Waals surface area contributed by atoms with Crippen LogP contribution in [0.2, 0.25) is 0 Å². The van der Waals surface area contributed by atoms with Crippen LogP contribution in [0.1, 0.15) is 30.9 Å². The Morgan fingerprint density at radius 1 is 1.20 bits per heavy atom. The molecule has 0 amide bonds. The van der Waals surface area contributed by atoms with E-state index in [1.807, 2.05) is 0 Å². The summed E-state index contributed by atoms with van der Waals surface area (Å²) in [5, 5.41) is 0. The molecule has 1 heteroatoms. The van der Waals surface area contributed by atoms with Gasteiger partial charge in [-0.3, -0.25) is 4.79 Å². The molecule has 0 N–H and O–H groups in total. The predicted octanol–water partition coefficient (Wildman–Crippen LogP) is 3.00. The zero-order chi connectivity index (χ0) is 10.4. The molecule has 1 aromatic rings. The lowest BCUT2D eigenvalue weighted by Gasteiger charge is -2.20. The van der Waals surface area contributed by atoms with Crippen LogP contribution < -0.4 is 0 Å². The molecule has 0 saturated heterocycles. The van der Waals surface area contributed by atoms with Gasteiger partial charge >= 0.3 is 0 Å². The second-order valence-corrected chi connectivity index (χ2v) is 4.58. The van der Waals surface area contributed by atoms with Crippen molar-refractivity contribution in [2.24, 2.45) is 5.92 Å². The number of hydrogen-bond acceptors (Lipinski definition) is 1. The molecule has 0 saturated carbocycles. The van der Waals surface area contributed by atoms with E-state index in [4.69, 9.17) is 0 Å². The fourth-order valence-corrected chi connectivity index (χ4v) is 2.91. The SMILES string of the molecule is CC1CC(=O)C2=C1c1ccccc1CC2. The summed E-state index contributed by atoms with van der Waals surface area (Å²) in [5.41, 5.74) is 5.19. The van der Waals surface area contributed by atoms with E-state index in [0.717, 1.165) is 24.8 Å². The maximum absolute atomic E-state index is 11.8. The van der Waals surface area contributed by atoms with Crippen LogP contribution in [0.25, 0.3) is 5.57 Å². The molecule has 2 aliphatic carbocycles. The maximum Gasteiger partial charge on any atom is 0.159 e. The Hall–Kier alpha value is -1.37. The molecule has 1 unspecified atom stereocenters. The van der Waals surface area contributed by atoms with E-state index >= 15 is 0 Å². The first-order valence-electron chi connectivity index (χ1n) is 5.62. The van der Waals surface area contributed by atoms with E-state index in [1.165, 1.54) is 16.7 Å². The number of benzene rings is 1. The van der Waals surface area contributed by atoms with Crippen molar-refractivity contribution < 1.29 is 4.79 Å². The monoisotopic (exact) mass is 198 g/mol. The molecule has 1 nitrogen and oxygen atoms in total. The minimum absolute atomic E-state index is 0.381. The summed E-state index contributed by atoms with van der Waals surface area (Å²) in [7, 11) is 0. The Bertz CT molecular complexity index is 468. The average molecular weight is 198 g/mol. The molecule has 0 radical (unpaired) electrons. The predicted molar refractivity (Wildman–Crippen MR) is 60.5 cm³/mol. The third kappa shape index (κ3) is 1.19. The summed E-state index contributed by atoms with van der Waals surface area (Å²) >= 11 is 0. The van der Waals surface area contributed by atoms with Crippen molar-refractivity contribution in [3.63, 3.8) is 0 Å². The number of allylic oxidation sites excluding steroid dienone is 2. The maximum atomic E-state index is 11.8. The van der Waals surface area contributed by atoms with Crippen molar-refractivity contribution in [2.45, 2.75) is 26.2 Å². The van der Waals surface area contributed by atoms with Gasteiger partial charge < -0.3 is 0 Å². The molecule has 3 rings (SSSR count). The first kappa shape index (κ1) is 8.90. The fraction of sp³-hybridized carbons (Fsp3) is 0.357. The van der Waals surface area contributed by atoms with E-state index < -0.39 is 0 Å². The number of hydrogen-bond donors (Lipinski definition) is 0. The Morgan fingerprint density at radius 3 is 2.87 bits per heavy atom. The molecule has 0 aliphatic heterocycles. The van der Waals surface area contributed by atoms with Crippen LogP contribution >= 0.6 is 0 Å². The second kappa shape index (κ2) is 3.06. The summed E-state index contributed by atoms with van der Waals surface area (Å²) < 4.78 is 0. The van der Waals surface area contributed by atoms with Crippen molar-refractivity contribution in [1.29, 1.82) is 0 Å². The van der Waals surface area contributed by atoms with E-state index in [0.29, 0.717) is 11.7 Å². The highest BCUT2D eigenvalue weighted by Crippen LogP contribution is 2.42. The fourth-order valence-electron chi connectivity index (χ4n) is 2.91. The number of aryl methyl sites for hydroxylation is 1. The lowest BCUT2D eigenvalue weighted by Crippen LogP contribution is -2.06. The largest absolute Gasteiger partial charge is 0.295 e. The highest BCUT2D eigenvalue weighted by molar-refractivity contribution is 6.08. The smallest absolute Gasteiger partial charge is 0.159 e. The summed E-state index contributed by atoms with van der Waals surface area (Å²) in [6, 6.07) is 8.52. The molecule has 76 valence electrons. The molecule has 15 heavy (non-hydrogen) atoms. The zero-order valence-electron chi connectivity index (χ0n) is 8.92. The van der Waals surface area contributed by atoms with Crippen LogP contribution in [0.4, 0.5) is 0 Å². The van der Waals surface area contributed by atoms with Gasteiger partial charge in [-0.2, -0.15) is 0 Å². The quantitative estimate of drug-likeness (QED) is 0.626. The Morgan fingerprint density at radius 2 is 2.00 bits per heavy atom. The van der Waals surface area contributed by atoms with Crippen LogP contribution in [-0.2, 0) is 11.2 Å². The van der Waals surface area contributed by atoms with Gasteiger partial charge in [-0.25, -0.2) is 0 Å². The second-order valence-electron chi connectivity index (χ2n) is 4.58. The van der Waals surface area contributed by atoms with Crippen LogP contribution in [-0.4, -0.2) is 5.78 Å². The molecule has 0 bridgehead atoms. The van der Waals surface area contributed by atoms with Crippen molar-refractivity contribution >= 4 is 11.4 Å². The zero-order valence-corrected chi connectivity index (χ0v) is 8.92. The van der Waals surface area contributed by atoms with Crippen molar-refractivity contribution in [2.75, 3.05) is 0 Å². The highest BCUT2D eigenvalue weighted by Gasteiger charge is 2.32. The van der Waals surface area contributed by atoms with Crippen LogP contribution in [0.15, 0.2) is 29.8 Å². The van der Waals surface area contributed by atoms with Crippen molar-refractivity contribution in [3.05, 3.63) is 41.0 Å². The molecule has 0 aromatic heterocycles.